The molecule has 1 N–H and O–H groups in total. The van der Waals surface area contributed by atoms with Crippen LogP contribution in [0, 0.1) is 0 Å². The minimum atomic E-state index is -4.59. The van der Waals surface area contributed by atoms with Gasteiger partial charge >= 0.3 is 6.18 Å². The van der Waals surface area contributed by atoms with Gasteiger partial charge in [0.25, 0.3) is 0 Å². The summed E-state index contributed by atoms with van der Waals surface area (Å²) in [6, 6.07) is 9.96. The minimum absolute atomic E-state index is 0.228. The predicted octanol–water partition coefficient (Wildman–Crippen LogP) is 5.21. The van der Waals surface area contributed by atoms with Gasteiger partial charge in [-0.2, -0.15) is 18.3 Å². The Morgan fingerprint density at radius 3 is 2.54 bits per heavy atom. The van der Waals surface area contributed by atoms with Gasteiger partial charge < -0.3 is 9.72 Å². The summed E-state index contributed by atoms with van der Waals surface area (Å²) in [5.74, 6) is 0.203. The van der Waals surface area contributed by atoms with Crippen molar-refractivity contribution in [2.45, 2.75) is 6.18 Å². The van der Waals surface area contributed by atoms with E-state index in [0.717, 1.165) is 6.07 Å². The summed E-state index contributed by atoms with van der Waals surface area (Å²) in [5.41, 5.74) is -0.352. The van der Waals surface area contributed by atoms with E-state index < -0.39 is 11.7 Å². The van der Waals surface area contributed by atoms with Crippen LogP contribution in [0.1, 0.15) is 5.56 Å². The molecule has 2 aromatic carbocycles. The molecule has 0 amide bonds. The second kappa shape index (κ2) is 6.06. The number of alkyl halides is 3. The zero-order chi connectivity index (χ0) is 18.3. The quantitative estimate of drug-likeness (QED) is 0.532. The van der Waals surface area contributed by atoms with Gasteiger partial charge in [0.05, 0.1) is 11.0 Å². The smallest absolute Gasteiger partial charge is 0.420 e. The molecule has 0 fully saturated rings. The molecule has 0 bridgehead atoms. The normalized spacial score (nSPS) is 11.8. The highest BCUT2D eigenvalue weighted by Gasteiger charge is 2.35. The number of fused-ring (bicyclic) bond motifs is 1. The van der Waals surface area contributed by atoms with Gasteiger partial charge in [0.1, 0.15) is 17.1 Å². The molecule has 0 saturated heterocycles. The lowest BCUT2D eigenvalue weighted by atomic mass is 10.1. The monoisotopic (exact) mass is 378 g/mol. The van der Waals surface area contributed by atoms with E-state index in [1.54, 1.807) is 18.5 Å². The molecule has 0 atom stereocenters. The van der Waals surface area contributed by atoms with E-state index in [1.165, 1.54) is 35.0 Å². The highest BCUT2D eigenvalue weighted by Crippen LogP contribution is 2.40. The molecule has 2 aromatic heterocycles. The standard InChI is InChI=1S/C17H10ClF3N4O/c18-10-2-4-11(5-3-10)26-15-9-14-13(8-12(15)17(19,20)21)23-16(24-14)25-7-1-6-22-25/h1-9H,(H,23,24). The van der Waals surface area contributed by atoms with Crippen LogP contribution in [-0.4, -0.2) is 19.7 Å². The van der Waals surface area contributed by atoms with Gasteiger partial charge in [0.15, 0.2) is 0 Å². The van der Waals surface area contributed by atoms with Crippen molar-refractivity contribution in [2.24, 2.45) is 0 Å². The van der Waals surface area contributed by atoms with Gasteiger partial charge in [-0.05, 0) is 36.4 Å². The number of H-pyrrole nitrogens is 1. The first kappa shape index (κ1) is 16.5. The summed E-state index contributed by atoms with van der Waals surface area (Å²) < 4.78 is 47.3. The van der Waals surface area contributed by atoms with Crippen molar-refractivity contribution in [1.82, 2.24) is 19.7 Å². The van der Waals surface area contributed by atoms with Crippen molar-refractivity contribution in [3.05, 3.63) is 65.4 Å². The highest BCUT2D eigenvalue weighted by molar-refractivity contribution is 6.30. The lowest BCUT2D eigenvalue weighted by Crippen LogP contribution is -2.07. The number of halogens is 4. The predicted molar refractivity (Wildman–Crippen MR) is 89.7 cm³/mol. The minimum Gasteiger partial charge on any atom is -0.457 e. The van der Waals surface area contributed by atoms with Gasteiger partial charge in [0.2, 0.25) is 5.95 Å². The average Bonchev–Trinajstić information content (AvgIpc) is 3.23. The van der Waals surface area contributed by atoms with Crippen molar-refractivity contribution in [3.63, 3.8) is 0 Å². The van der Waals surface area contributed by atoms with Crippen LogP contribution >= 0.6 is 11.6 Å². The van der Waals surface area contributed by atoms with Crippen LogP contribution in [-0.2, 0) is 6.18 Å². The number of rotatable bonds is 3. The summed E-state index contributed by atoms with van der Waals surface area (Å²) in [4.78, 5) is 7.10. The van der Waals surface area contributed by atoms with Crippen LogP contribution in [0.5, 0.6) is 11.5 Å². The molecule has 0 unspecified atom stereocenters. The summed E-state index contributed by atoms with van der Waals surface area (Å²) in [5, 5.41) is 4.47. The van der Waals surface area contributed by atoms with E-state index in [2.05, 4.69) is 15.1 Å². The van der Waals surface area contributed by atoms with Crippen LogP contribution in [0.25, 0.3) is 17.0 Å². The maximum atomic E-state index is 13.5. The second-order valence-corrected chi connectivity index (χ2v) is 5.87. The van der Waals surface area contributed by atoms with Gasteiger partial charge in [0, 0.05) is 23.5 Å². The Balaban J connectivity index is 1.82. The second-order valence-electron chi connectivity index (χ2n) is 5.43. The highest BCUT2D eigenvalue weighted by atomic mass is 35.5. The number of aromatic amines is 1. The van der Waals surface area contributed by atoms with E-state index in [4.69, 9.17) is 16.3 Å². The Morgan fingerprint density at radius 2 is 1.88 bits per heavy atom. The first-order valence-electron chi connectivity index (χ1n) is 7.44. The molecule has 0 saturated carbocycles. The van der Waals surface area contributed by atoms with Crippen molar-refractivity contribution < 1.29 is 17.9 Å². The molecule has 4 aromatic rings. The lowest BCUT2D eigenvalue weighted by molar-refractivity contribution is -0.138. The molecule has 4 rings (SSSR count). The Bertz CT molecular complexity index is 1060. The number of aromatic nitrogens is 4. The molecule has 5 nitrogen and oxygen atoms in total. The van der Waals surface area contributed by atoms with Gasteiger partial charge in [-0.1, -0.05) is 11.6 Å². The van der Waals surface area contributed by atoms with Crippen LogP contribution in [0.15, 0.2) is 54.9 Å². The molecule has 132 valence electrons. The van der Waals surface area contributed by atoms with Crippen molar-refractivity contribution in [3.8, 4) is 17.4 Å². The average molecular weight is 379 g/mol. The summed E-state index contributed by atoms with van der Waals surface area (Å²) in [6.45, 7) is 0. The lowest BCUT2D eigenvalue weighted by Gasteiger charge is -2.13. The molecule has 2 heterocycles. The number of hydrogen-bond donors (Lipinski definition) is 1. The molecule has 0 radical (unpaired) electrons. The Labute approximate surface area is 150 Å². The van der Waals surface area contributed by atoms with Gasteiger partial charge in [-0.15, -0.1) is 0 Å². The maximum absolute atomic E-state index is 13.5. The van der Waals surface area contributed by atoms with Crippen LogP contribution < -0.4 is 4.74 Å². The van der Waals surface area contributed by atoms with Crippen molar-refractivity contribution in [2.75, 3.05) is 0 Å². The molecule has 0 spiro atoms. The number of imidazole rings is 1. The number of nitrogens with one attached hydrogen (secondary N) is 1. The number of ether oxygens (including phenoxy) is 1. The first-order valence-corrected chi connectivity index (χ1v) is 7.82. The van der Waals surface area contributed by atoms with Crippen LogP contribution in [0.4, 0.5) is 13.2 Å². The van der Waals surface area contributed by atoms with E-state index in [1.807, 2.05) is 0 Å². The Hall–Kier alpha value is -3.00. The van der Waals surface area contributed by atoms with Crippen LogP contribution in [0.2, 0.25) is 5.02 Å². The fraction of sp³-hybridized carbons (Fsp3) is 0.0588. The molecule has 0 aliphatic heterocycles. The molecular formula is C17H10ClF3N4O. The molecule has 0 aliphatic rings. The third kappa shape index (κ3) is 3.11. The largest absolute Gasteiger partial charge is 0.457 e. The molecule has 9 heteroatoms. The molecule has 26 heavy (non-hydrogen) atoms. The van der Waals surface area contributed by atoms with Crippen molar-refractivity contribution >= 4 is 22.6 Å². The SMILES string of the molecule is FC(F)(F)c1cc2[nH]c(-n3cccn3)nc2cc1Oc1ccc(Cl)cc1. The van der Waals surface area contributed by atoms with Gasteiger partial charge in [-0.3, -0.25) is 0 Å². The van der Waals surface area contributed by atoms with E-state index in [9.17, 15) is 13.2 Å². The fourth-order valence-electron chi connectivity index (χ4n) is 2.46. The molecular weight excluding hydrogens is 369 g/mol. The van der Waals surface area contributed by atoms with E-state index in [-0.39, 0.29) is 17.0 Å². The third-order valence-corrected chi connectivity index (χ3v) is 3.89. The zero-order valence-electron chi connectivity index (χ0n) is 13.0. The van der Waals surface area contributed by atoms with Crippen LogP contribution in [0.3, 0.4) is 0 Å². The summed E-state index contributed by atoms with van der Waals surface area (Å²) in [6.07, 6.45) is -1.41. The van der Waals surface area contributed by atoms with E-state index >= 15 is 0 Å². The summed E-state index contributed by atoms with van der Waals surface area (Å²) in [7, 11) is 0. The number of hydrogen-bond acceptors (Lipinski definition) is 3. The van der Waals surface area contributed by atoms with Crippen molar-refractivity contribution in [1.29, 1.82) is 0 Å². The Kier molecular flexibility index (Phi) is 3.84. The van der Waals surface area contributed by atoms with Gasteiger partial charge in [-0.25, -0.2) is 9.67 Å². The molecule has 0 aliphatic carbocycles. The Morgan fingerprint density at radius 1 is 1.12 bits per heavy atom. The topological polar surface area (TPSA) is 55.7 Å². The number of nitrogens with zero attached hydrogens (tertiary/aromatic N) is 3. The van der Waals surface area contributed by atoms with E-state index in [0.29, 0.717) is 16.5 Å². The first-order chi connectivity index (χ1) is 12.4. The summed E-state index contributed by atoms with van der Waals surface area (Å²) >= 11 is 5.79. The zero-order valence-corrected chi connectivity index (χ0v) is 13.7. The third-order valence-electron chi connectivity index (χ3n) is 3.64. The number of benzene rings is 2. The maximum Gasteiger partial charge on any atom is 0.420 e. The fourth-order valence-corrected chi connectivity index (χ4v) is 2.59.